The normalized spacial score (nSPS) is 17.5. The first-order chi connectivity index (χ1) is 12.5. The number of phenolic OH excluding ortho intramolecular Hbond substituents is 1. The molecule has 2 aliphatic heterocycles. The molecule has 134 valence electrons. The van der Waals surface area contributed by atoms with Crippen molar-refractivity contribution in [1.82, 2.24) is 0 Å². The van der Waals surface area contributed by atoms with Crippen molar-refractivity contribution in [2.75, 3.05) is 6.79 Å². The van der Waals surface area contributed by atoms with E-state index in [1.165, 1.54) is 0 Å². The highest BCUT2D eigenvalue weighted by atomic mass is 16.7. The Hall–Kier alpha value is -2.95. The number of rotatable bonds is 3. The lowest BCUT2D eigenvalue weighted by atomic mass is 9.93. The highest BCUT2D eigenvalue weighted by Gasteiger charge is 2.31. The Bertz CT molecular complexity index is 909. The first kappa shape index (κ1) is 16.5. The van der Waals surface area contributed by atoms with Crippen LogP contribution in [0.2, 0.25) is 0 Å². The Morgan fingerprint density at radius 3 is 2.81 bits per heavy atom. The maximum atomic E-state index is 12.7. The number of phenols is 1. The van der Waals surface area contributed by atoms with Gasteiger partial charge in [0.15, 0.2) is 17.3 Å². The van der Waals surface area contributed by atoms with Crippen LogP contribution in [0, 0.1) is 0 Å². The average Bonchev–Trinajstić information content (AvgIpc) is 3.08. The van der Waals surface area contributed by atoms with E-state index < -0.39 is 6.10 Å². The summed E-state index contributed by atoms with van der Waals surface area (Å²) in [7, 11) is 0. The summed E-state index contributed by atoms with van der Waals surface area (Å²) in [5.41, 5.74) is 3.15. The Labute approximate surface area is 151 Å². The van der Waals surface area contributed by atoms with Crippen LogP contribution >= 0.6 is 0 Å². The summed E-state index contributed by atoms with van der Waals surface area (Å²) in [6.07, 6.45) is 2.35. The Kier molecular flexibility index (Phi) is 4.07. The summed E-state index contributed by atoms with van der Waals surface area (Å²) in [6, 6.07) is 8.76. The third kappa shape index (κ3) is 2.90. The summed E-state index contributed by atoms with van der Waals surface area (Å²) in [4.78, 5) is 12.7. The van der Waals surface area contributed by atoms with Crippen molar-refractivity contribution in [3.8, 4) is 23.0 Å². The molecule has 5 nitrogen and oxygen atoms in total. The third-order valence-electron chi connectivity index (χ3n) is 4.65. The second-order valence-electron chi connectivity index (χ2n) is 6.77. The molecular weight excluding hydrogens is 332 g/mol. The van der Waals surface area contributed by atoms with Gasteiger partial charge in [0, 0.05) is 5.56 Å². The van der Waals surface area contributed by atoms with Gasteiger partial charge in [-0.05, 0) is 50.1 Å². The molecule has 0 unspecified atom stereocenters. The van der Waals surface area contributed by atoms with Crippen LogP contribution in [0.1, 0.15) is 47.9 Å². The van der Waals surface area contributed by atoms with E-state index in [0.717, 1.165) is 11.1 Å². The molecule has 0 amide bonds. The molecule has 0 aliphatic carbocycles. The molecule has 2 aromatic rings. The highest BCUT2D eigenvalue weighted by molar-refractivity contribution is 6.00. The fourth-order valence-corrected chi connectivity index (χ4v) is 3.24. The standard InChI is InChI=1S/C21H20O5/c1-12(2)3-5-14-16(22)7-6-15-17(23)10-19(26-21(14)15)13-4-8-18-20(9-13)25-11-24-18/h3-4,6-9,19,22H,5,10-11H2,1-2H3/t19-/m0/s1. The number of hydrogen-bond donors (Lipinski definition) is 1. The lowest BCUT2D eigenvalue weighted by molar-refractivity contribution is 0.0847. The summed E-state index contributed by atoms with van der Waals surface area (Å²) >= 11 is 0. The molecule has 0 radical (unpaired) electrons. The molecule has 0 aromatic heterocycles. The van der Waals surface area contributed by atoms with Crippen LogP contribution in [0.5, 0.6) is 23.0 Å². The van der Waals surface area contributed by atoms with E-state index in [4.69, 9.17) is 14.2 Å². The van der Waals surface area contributed by atoms with E-state index in [1.54, 1.807) is 12.1 Å². The van der Waals surface area contributed by atoms with Crippen molar-refractivity contribution in [3.05, 3.63) is 58.7 Å². The fraction of sp³-hybridized carbons (Fsp3) is 0.286. The molecule has 2 aromatic carbocycles. The maximum absolute atomic E-state index is 12.7. The number of fused-ring (bicyclic) bond motifs is 2. The molecular formula is C21H20O5. The predicted octanol–water partition coefficient (Wildman–Crippen LogP) is 4.34. The molecule has 0 spiro atoms. The number of ketones is 1. The molecule has 1 N–H and O–H groups in total. The van der Waals surface area contributed by atoms with E-state index in [-0.39, 0.29) is 24.7 Å². The number of benzene rings is 2. The van der Waals surface area contributed by atoms with Gasteiger partial charge in [0.2, 0.25) is 6.79 Å². The van der Waals surface area contributed by atoms with Crippen LogP contribution in [-0.2, 0) is 6.42 Å². The zero-order valence-corrected chi connectivity index (χ0v) is 14.7. The van der Waals surface area contributed by atoms with E-state index in [1.807, 2.05) is 38.1 Å². The molecule has 0 bridgehead atoms. The zero-order chi connectivity index (χ0) is 18.3. The van der Waals surface area contributed by atoms with Crippen molar-refractivity contribution in [2.24, 2.45) is 0 Å². The summed E-state index contributed by atoms with van der Waals surface area (Å²) in [6.45, 7) is 4.19. The molecule has 2 aliphatic rings. The smallest absolute Gasteiger partial charge is 0.231 e. The first-order valence-corrected chi connectivity index (χ1v) is 8.60. The SMILES string of the molecule is CC(C)=CCc1c(O)ccc2c1O[C@H](c1ccc3c(c1)OCO3)CC2=O. The minimum absolute atomic E-state index is 0.00682. The van der Waals surface area contributed by atoms with Gasteiger partial charge >= 0.3 is 0 Å². The van der Waals surface area contributed by atoms with Gasteiger partial charge in [-0.2, -0.15) is 0 Å². The topological polar surface area (TPSA) is 65.0 Å². The summed E-state index contributed by atoms with van der Waals surface area (Å²) in [5.74, 6) is 1.97. The summed E-state index contributed by atoms with van der Waals surface area (Å²) in [5, 5.41) is 10.3. The number of aromatic hydroxyl groups is 1. The Balaban J connectivity index is 1.72. The number of hydrogen-bond acceptors (Lipinski definition) is 5. The number of Topliss-reactive ketones (excluding diaryl/α,β-unsaturated/α-hetero) is 1. The minimum atomic E-state index is -0.420. The summed E-state index contributed by atoms with van der Waals surface area (Å²) < 4.78 is 16.9. The van der Waals surface area contributed by atoms with Gasteiger partial charge in [-0.15, -0.1) is 0 Å². The van der Waals surface area contributed by atoms with E-state index in [2.05, 4.69) is 0 Å². The van der Waals surface area contributed by atoms with Gasteiger partial charge in [-0.3, -0.25) is 4.79 Å². The molecule has 0 saturated carbocycles. The predicted molar refractivity (Wildman–Crippen MR) is 96.1 cm³/mol. The number of carbonyl (C=O) groups is 1. The van der Waals surface area contributed by atoms with Gasteiger partial charge < -0.3 is 19.3 Å². The van der Waals surface area contributed by atoms with Gasteiger partial charge in [0.25, 0.3) is 0 Å². The second-order valence-corrected chi connectivity index (χ2v) is 6.77. The third-order valence-corrected chi connectivity index (χ3v) is 4.65. The largest absolute Gasteiger partial charge is 0.508 e. The van der Waals surface area contributed by atoms with Crippen molar-refractivity contribution in [3.63, 3.8) is 0 Å². The van der Waals surface area contributed by atoms with Gasteiger partial charge in [-0.25, -0.2) is 0 Å². The van der Waals surface area contributed by atoms with Crippen molar-refractivity contribution in [2.45, 2.75) is 32.8 Å². The lowest BCUT2D eigenvalue weighted by Crippen LogP contribution is -2.21. The van der Waals surface area contributed by atoms with Gasteiger partial charge in [0.1, 0.15) is 17.6 Å². The van der Waals surface area contributed by atoms with Crippen molar-refractivity contribution in [1.29, 1.82) is 0 Å². The molecule has 1 atom stereocenters. The van der Waals surface area contributed by atoms with Crippen LogP contribution in [-0.4, -0.2) is 17.7 Å². The van der Waals surface area contributed by atoms with Crippen molar-refractivity contribution < 1.29 is 24.1 Å². The average molecular weight is 352 g/mol. The number of carbonyl (C=O) groups excluding carboxylic acids is 1. The zero-order valence-electron chi connectivity index (χ0n) is 14.7. The van der Waals surface area contributed by atoms with Crippen LogP contribution < -0.4 is 14.2 Å². The molecule has 0 fully saturated rings. The minimum Gasteiger partial charge on any atom is -0.508 e. The van der Waals surface area contributed by atoms with E-state index >= 15 is 0 Å². The monoisotopic (exact) mass is 352 g/mol. The van der Waals surface area contributed by atoms with Crippen LogP contribution in [0.3, 0.4) is 0 Å². The van der Waals surface area contributed by atoms with E-state index in [0.29, 0.717) is 34.8 Å². The highest BCUT2D eigenvalue weighted by Crippen LogP contribution is 2.43. The molecule has 2 heterocycles. The Morgan fingerprint density at radius 1 is 1.19 bits per heavy atom. The Morgan fingerprint density at radius 2 is 2.00 bits per heavy atom. The molecule has 0 saturated heterocycles. The van der Waals surface area contributed by atoms with Crippen LogP contribution in [0.25, 0.3) is 0 Å². The maximum Gasteiger partial charge on any atom is 0.231 e. The quantitative estimate of drug-likeness (QED) is 0.833. The molecule has 5 heteroatoms. The van der Waals surface area contributed by atoms with Crippen molar-refractivity contribution >= 4 is 5.78 Å². The number of ether oxygens (including phenoxy) is 3. The number of allylic oxidation sites excluding steroid dienone is 2. The lowest BCUT2D eigenvalue weighted by Gasteiger charge is -2.27. The fourth-order valence-electron chi connectivity index (χ4n) is 3.24. The van der Waals surface area contributed by atoms with Gasteiger partial charge in [-0.1, -0.05) is 17.7 Å². The second kappa shape index (κ2) is 6.41. The van der Waals surface area contributed by atoms with Gasteiger partial charge in [0.05, 0.1) is 12.0 Å². The molecule has 4 rings (SSSR count). The first-order valence-electron chi connectivity index (χ1n) is 8.60. The van der Waals surface area contributed by atoms with Crippen LogP contribution in [0.15, 0.2) is 42.0 Å². The van der Waals surface area contributed by atoms with Crippen LogP contribution in [0.4, 0.5) is 0 Å². The van der Waals surface area contributed by atoms with E-state index in [9.17, 15) is 9.90 Å². The molecule has 26 heavy (non-hydrogen) atoms.